The SMILES string of the molecule is CC1CCC(O)(CNCCc2cccnc2)CC1. The van der Waals surface area contributed by atoms with Crippen LogP contribution in [0.2, 0.25) is 0 Å². The maximum Gasteiger partial charge on any atom is 0.0771 e. The van der Waals surface area contributed by atoms with Crippen molar-refractivity contribution < 1.29 is 5.11 Å². The van der Waals surface area contributed by atoms with Crippen LogP contribution in [-0.4, -0.2) is 28.8 Å². The third-order valence-electron chi connectivity index (χ3n) is 3.97. The van der Waals surface area contributed by atoms with Crippen molar-refractivity contribution >= 4 is 0 Å². The Hall–Kier alpha value is -0.930. The average Bonchev–Trinajstić information content (AvgIpc) is 2.40. The van der Waals surface area contributed by atoms with E-state index in [4.69, 9.17) is 0 Å². The lowest BCUT2D eigenvalue weighted by Gasteiger charge is -2.35. The molecule has 0 aromatic carbocycles. The fourth-order valence-corrected chi connectivity index (χ4v) is 2.58. The molecule has 3 nitrogen and oxygen atoms in total. The van der Waals surface area contributed by atoms with Crippen LogP contribution in [0, 0.1) is 5.92 Å². The maximum atomic E-state index is 10.4. The van der Waals surface area contributed by atoms with Crippen LogP contribution in [0.5, 0.6) is 0 Å². The van der Waals surface area contributed by atoms with Crippen molar-refractivity contribution in [1.29, 1.82) is 0 Å². The number of pyridine rings is 1. The Labute approximate surface area is 110 Å². The number of nitrogens with zero attached hydrogens (tertiary/aromatic N) is 1. The molecule has 0 saturated heterocycles. The van der Waals surface area contributed by atoms with Crippen molar-refractivity contribution in [3.8, 4) is 0 Å². The summed E-state index contributed by atoms with van der Waals surface area (Å²) in [5, 5.41) is 13.8. The lowest BCUT2D eigenvalue weighted by Crippen LogP contribution is -2.43. The smallest absolute Gasteiger partial charge is 0.0771 e. The Balaban J connectivity index is 1.66. The van der Waals surface area contributed by atoms with Crippen LogP contribution in [0.25, 0.3) is 0 Å². The third-order valence-corrected chi connectivity index (χ3v) is 3.97. The molecule has 1 aliphatic carbocycles. The fraction of sp³-hybridized carbons (Fsp3) is 0.667. The molecule has 0 unspecified atom stereocenters. The minimum absolute atomic E-state index is 0.471. The van der Waals surface area contributed by atoms with Gasteiger partial charge in [-0.15, -0.1) is 0 Å². The summed E-state index contributed by atoms with van der Waals surface area (Å²) in [6.07, 6.45) is 8.85. The van der Waals surface area contributed by atoms with E-state index in [1.165, 1.54) is 5.56 Å². The first-order valence-corrected chi connectivity index (χ1v) is 7.00. The van der Waals surface area contributed by atoms with Gasteiger partial charge in [-0.3, -0.25) is 4.98 Å². The van der Waals surface area contributed by atoms with Gasteiger partial charge in [0, 0.05) is 18.9 Å². The van der Waals surface area contributed by atoms with E-state index in [9.17, 15) is 5.11 Å². The molecule has 2 N–H and O–H groups in total. The molecule has 1 aliphatic rings. The van der Waals surface area contributed by atoms with Gasteiger partial charge in [-0.05, 0) is 56.2 Å². The van der Waals surface area contributed by atoms with E-state index in [0.717, 1.165) is 51.1 Å². The van der Waals surface area contributed by atoms with E-state index in [0.29, 0.717) is 0 Å². The predicted octanol–water partition coefficient (Wildman–Crippen LogP) is 2.15. The molecule has 0 atom stereocenters. The molecule has 0 spiro atoms. The van der Waals surface area contributed by atoms with Crippen molar-refractivity contribution in [2.24, 2.45) is 5.92 Å². The summed E-state index contributed by atoms with van der Waals surface area (Å²) in [6.45, 7) is 3.90. The number of hydrogen-bond donors (Lipinski definition) is 2. The predicted molar refractivity (Wildman–Crippen MR) is 73.4 cm³/mol. The molecule has 1 fully saturated rings. The molecule has 1 aromatic heterocycles. The zero-order valence-corrected chi connectivity index (χ0v) is 11.2. The second kappa shape index (κ2) is 6.30. The highest BCUT2D eigenvalue weighted by Crippen LogP contribution is 2.31. The summed E-state index contributed by atoms with van der Waals surface area (Å²) in [6, 6.07) is 4.05. The van der Waals surface area contributed by atoms with E-state index in [1.54, 1.807) is 6.20 Å². The molecule has 2 rings (SSSR count). The number of aliphatic hydroxyl groups is 1. The molecule has 100 valence electrons. The van der Waals surface area contributed by atoms with Crippen molar-refractivity contribution in [2.75, 3.05) is 13.1 Å². The first-order chi connectivity index (χ1) is 8.68. The van der Waals surface area contributed by atoms with E-state index in [1.807, 2.05) is 12.3 Å². The monoisotopic (exact) mass is 248 g/mol. The van der Waals surface area contributed by atoms with E-state index in [2.05, 4.69) is 23.3 Å². The Kier molecular flexibility index (Phi) is 4.72. The summed E-state index contributed by atoms with van der Waals surface area (Å²) in [5.41, 5.74) is 0.774. The molecule has 0 radical (unpaired) electrons. The van der Waals surface area contributed by atoms with Gasteiger partial charge in [0.1, 0.15) is 0 Å². The van der Waals surface area contributed by atoms with E-state index in [-0.39, 0.29) is 0 Å². The Morgan fingerprint density at radius 2 is 2.22 bits per heavy atom. The Bertz CT molecular complexity index is 345. The van der Waals surface area contributed by atoms with Gasteiger partial charge in [-0.2, -0.15) is 0 Å². The van der Waals surface area contributed by atoms with Crippen LogP contribution in [0.4, 0.5) is 0 Å². The quantitative estimate of drug-likeness (QED) is 0.785. The second-order valence-electron chi connectivity index (χ2n) is 5.69. The highest BCUT2D eigenvalue weighted by molar-refractivity contribution is 5.08. The normalized spacial score (nSPS) is 28.2. The molecule has 0 amide bonds. The molecular weight excluding hydrogens is 224 g/mol. The number of hydrogen-bond acceptors (Lipinski definition) is 3. The average molecular weight is 248 g/mol. The number of aromatic nitrogens is 1. The lowest BCUT2D eigenvalue weighted by molar-refractivity contribution is -0.00583. The van der Waals surface area contributed by atoms with Crippen LogP contribution < -0.4 is 5.32 Å². The summed E-state index contributed by atoms with van der Waals surface area (Å²) >= 11 is 0. The van der Waals surface area contributed by atoms with E-state index < -0.39 is 5.60 Å². The van der Waals surface area contributed by atoms with Crippen molar-refractivity contribution in [3.63, 3.8) is 0 Å². The molecule has 1 saturated carbocycles. The summed E-state index contributed by atoms with van der Waals surface area (Å²) < 4.78 is 0. The summed E-state index contributed by atoms with van der Waals surface area (Å²) in [5.74, 6) is 0.778. The summed E-state index contributed by atoms with van der Waals surface area (Å²) in [7, 11) is 0. The second-order valence-corrected chi connectivity index (χ2v) is 5.69. The molecule has 0 bridgehead atoms. The van der Waals surface area contributed by atoms with Crippen molar-refractivity contribution in [1.82, 2.24) is 10.3 Å². The van der Waals surface area contributed by atoms with Gasteiger partial charge in [0.15, 0.2) is 0 Å². The van der Waals surface area contributed by atoms with Crippen LogP contribution in [0.1, 0.15) is 38.2 Å². The minimum atomic E-state index is -0.471. The summed E-state index contributed by atoms with van der Waals surface area (Å²) in [4.78, 5) is 4.10. The highest BCUT2D eigenvalue weighted by Gasteiger charge is 2.30. The van der Waals surface area contributed by atoms with Crippen LogP contribution in [0.15, 0.2) is 24.5 Å². The number of rotatable bonds is 5. The molecule has 18 heavy (non-hydrogen) atoms. The standard InChI is InChI=1S/C15H24N2O/c1-13-4-7-15(18,8-5-13)12-17-10-6-14-3-2-9-16-11-14/h2-3,9,11,13,17-18H,4-8,10,12H2,1H3. The largest absolute Gasteiger partial charge is 0.389 e. The van der Waals surface area contributed by atoms with Crippen molar-refractivity contribution in [2.45, 2.75) is 44.6 Å². The van der Waals surface area contributed by atoms with Crippen LogP contribution in [-0.2, 0) is 6.42 Å². The van der Waals surface area contributed by atoms with Gasteiger partial charge < -0.3 is 10.4 Å². The molecule has 0 aliphatic heterocycles. The van der Waals surface area contributed by atoms with Gasteiger partial charge in [-0.1, -0.05) is 13.0 Å². The number of nitrogens with one attached hydrogen (secondary N) is 1. The lowest BCUT2D eigenvalue weighted by atomic mass is 9.79. The molecule has 1 aromatic rings. The zero-order valence-electron chi connectivity index (χ0n) is 11.2. The van der Waals surface area contributed by atoms with Gasteiger partial charge in [0.05, 0.1) is 5.60 Å². The molecular formula is C15H24N2O. The van der Waals surface area contributed by atoms with Gasteiger partial charge in [0.2, 0.25) is 0 Å². The molecule has 3 heteroatoms. The van der Waals surface area contributed by atoms with Crippen LogP contribution in [0.3, 0.4) is 0 Å². The van der Waals surface area contributed by atoms with Gasteiger partial charge >= 0.3 is 0 Å². The van der Waals surface area contributed by atoms with Crippen molar-refractivity contribution in [3.05, 3.63) is 30.1 Å². The fourth-order valence-electron chi connectivity index (χ4n) is 2.58. The first-order valence-electron chi connectivity index (χ1n) is 7.00. The Morgan fingerprint density at radius 1 is 1.44 bits per heavy atom. The zero-order chi connectivity index (χ0) is 12.8. The topological polar surface area (TPSA) is 45.1 Å². The Morgan fingerprint density at radius 3 is 2.89 bits per heavy atom. The first kappa shape index (κ1) is 13.5. The van der Waals surface area contributed by atoms with E-state index >= 15 is 0 Å². The maximum absolute atomic E-state index is 10.4. The third kappa shape index (κ3) is 4.07. The van der Waals surface area contributed by atoms with Gasteiger partial charge in [-0.25, -0.2) is 0 Å². The highest BCUT2D eigenvalue weighted by atomic mass is 16.3. The molecule has 1 heterocycles. The van der Waals surface area contributed by atoms with Crippen LogP contribution >= 0.6 is 0 Å². The van der Waals surface area contributed by atoms with Gasteiger partial charge in [0.25, 0.3) is 0 Å². The minimum Gasteiger partial charge on any atom is -0.389 e.